The minimum Gasteiger partial charge on any atom is -0.334 e. The topological polar surface area (TPSA) is 84.7 Å². The van der Waals surface area contributed by atoms with Gasteiger partial charge in [0, 0.05) is 35.8 Å². The number of fused-ring (bicyclic) bond motifs is 1. The lowest BCUT2D eigenvalue weighted by atomic mass is 9.92. The number of amides is 2. The van der Waals surface area contributed by atoms with E-state index >= 15 is 0 Å². The molecule has 2 aromatic rings. The molecular formula is C16H21FN6O. The monoisotopic (exact) mass is 332 g/mol. The number of urea groups is 1. The van der Waals surface area contributed by atoms with E-state index < -0.39 is 6.67 Å². The van der Waals surface area contributed by atoms with Crippen molar-refractivity contribution in [3.05, 3.63) is 41.2 Å². The van der Waals surface area contributed by atoms with Gasteiger partial charge in [-0.3, -0.25) is 4.68 Å². The van der Waals surface area contributed by atoms with Gasteiger partial charge in [0.1, 0.15) is 12.5 Å². The number of halogens is 1. The lowest BCUT2D eigenvalue weighted by Gasteiger charge is -2.25. The molecule has 8 heteroatoms. The lowest BCUT2D eigenvalue weighted by molar-refractivity contribution is 0.235. The van der Waals surface area contributed by atoms with E-state index in [-0.39, 0.29) is 18.6 Å². The van der Waals surface area contributed by atoms with Crippen LogP contribution in [0.4, 0.5) is 9.18 Å². The number of hydrogen-bond acceptors (Lipinski definition) is 4. The van der Waals surface area contributed by atoms with Gasteiger partial charge < -0.3 is 10.6 Å². The van der Waals surface area contributed by atoms with Gasteiger partial charge >= 0.3 is 6.03 Å². The summed E-state index contributed by atoms with van der Waals surface area (Å²) in [5, 5.41) is 9.81. The summed E-state index contributed by atoms with van der Waals surface area (Å²) in [6, 6.07) is -0.310. The van der Waals surface area contributed by atoms with Gasteiger partial charge in [-0.2, -0.15) is 5.10 Å². The van der Waals surface area contributed by atoms with Crippen LogP contribution in [-0.2, 0) is 19.5 Å². The van der Waals surface area contributed by atoms with E-state index in [1.54, 1.807) is 12.4 Å². The van der Waals surface area contributed by atoms with Crippen molar-refractivity contribution in [3.63, 3.8) is 0 Å². The molecule has 2 aromatic heterocycles. The third-order valence-electron chi connectivity index (χ3n) is 4.06. The Morgan fingerprint density at radius 3 is 3.17 bits per heavy atom. The largest absolute Gasteiger partial charge is 0.334 e. The number of carbonyl (C=O) groups excluding carboxylic acids is 1. The third kappa shape index (κ3) is 3.87. The van der Waals surface area contributed by atoms with E-state index in [0.29, 0.717) is 6.54 Å². The molecular weight excluding hydrogens is 311 g/mol. The Morgan fingerprint density at radius 2 is 2.33 bits per heavy atom. The van der Waals surface area contributed by atoms with Gasteiger partial charge in [-0.25, -0.2) is 19.2 Å². The van der Waals surface area contributed by atoms with Gasteiger partial charge in [0.15, 0.2) is 0 Å². The van der Waals surface area contributed by atoms with Crippen molar-refractivity contribution in [2.24, 2.45) is 0 Å². The van der Waals surface area contributed by atoms with Crippen LogP contribution < -0.4 is 10.6 Å². The summed E-state index contributed by atoms with van der Waals surface area (Å²) in [7, 11) is 0. The molecule has 0 radical (unpaired) electrons. The van der Waals surface area contributed by atoms with Crippen molar-refractivity contribution >= 4 is 6.03 Å². The number of carbonyl (C=O) groups is 1. The van der Waals surface area contributed by atoms with Crippen LogP contribution in [0.15, 0.2) is 18.6 Å². The first-order valence-electron chi connectivity index (χ1n) is 8.10. The molecule has 128 valence electrons. The minimum atomic E-state index is -0.461. The van der Waals surface area contributed by atoms with Gasteiger partial charge in [0.05, 0.1) is 18.8 Å². The Kier molecular flexibility index (Phi) is 5.02. The number of aryl methyl sites for hydroxylation is 3. The number of alkyl halides is 1. The van der Waals surface area contributed by atoms with Crippen molar-refractivity contribution in [3.8, 4) is 0 Å². The predicted octanol–water partition coefficient (Wildman–Crippen LogP) is 1.83. The second-order valence-electron chi connectivity index (χ2n) is 5.89. The molecule has 0 fully saturated rings. The van der Waals surface area contributed by atoms with Gasteiger partial charge in [0.25, 0.3) is 0 Å². The van der Waals surface area contributed by atoms with Crippen LogP contribution in [0, 0.1) is 6.92 Å². The maximum Gasteiger partial charge on any atom is 0.315 e. The summed E-state index contributed by atoms with van der Waals surface area (Å²) in [6.07, 6.45) is 7.95. The van der Waals surface area contributed by atoms with Crippen molar-refractivity contribution < 1.29 is 9.18 Å². The molecule has 0 bridgehead atoms. The van der Waals surface area contributed by atoms with E-state index in [2.05, 4.69) is 25.7 Å². The highest BCUT2D eigenvalue weighted by Crippen LogP contribution is 2.27. The zero-order valence-corrected chi connectivity index (χ0v) is 13.6. The summed E-state index contributed by atoms with van der Waals surface area (Å²) in [5.41, 5.74) is 2.85. The summed E-state index contributed by atoms with van der Waals surface area (Å²) >= 11 is 0. The molecule has 3 rings (SSSR count). The minimum absolute atomic E-state index is 0.0661. The first-order chi connectivity index (χ1) is 11.7. The quantitative estimate of drug-likeness (QED) is 0.875. The van der Waals surface area contributed by atoms with Gasteiger partial charge in [-0.15, -0.1) is 0 Å². The highest BCUT2D eigenvalue weighted by atomic mass is 19.1. The van der Waals surface area contributed by atoms with Crippen molar-refractivity contribution in [1.29, 1.82) is 0 Å². The molecule has 2 N–H and O–H groups in total. The third-order valence-corrected chi connectivity index (χ3v) is 4.06. The molecule has 7 nitrogen and oxygen atoms in total. The molecule has 0 saturated heterocycles. The van der Waals surface area contributed by atoms with Gasteiger partial charge in [-0.05, 0) is 26.2 Å². The Morgan fingerprint density at radius 1 is 1.46 bits per heavy atom. The fourth-order valence-corrected chi connectivity index (χ4v) is 2.89. The summed E-state index contributed by atoms with van der Waals surface area (Å²) in [5.74, 6) is 0.754. The van der Waals surface area contributed by atoms with Crippen LogP contribution in [-0.4, -0.2) is 32.5 Å². The number of nitrogens with one attached hydrogen (secondary N) is 2. The maximum atomic E-state index is 12.3. The highest BCUT2D eigenvalue weighted by molar-refractivity contribution is 5.74. The fourth-order valence-electron chi connectivity index (χ4n) is 2.89. The molecule has 0 aliphatic heterocycles. The van der Waals surface area contributed by atoms with E-state index in [1.165, 1.54) is 4.68 Å². The molecule has 2 heterocycles. The average Bonchev–Trinajstić information content (AvgIpc) is 3.01. The maximum absolute atomic E-state index is 12.3. The van der Waals surface area contributed by atoms with Crippen molar-refractivity contribution in [2.45, 2.75) is 45.3 Å². The van der Waals surface area contributed by atoms with Crippen LogP contribution in [0.3, 0.4) is 0 Å². The predicted molar refractivity (Wildman–Crippen MR) is 86.0 cm³/mol. The summed E-state index contributed by atoms with van der Waals surface area (Å²) < 4.78 is 13.8. The van der Waals surface area contributed by atoms with Crippen molar-refractivity contribution in [2.75, 3.05) is 6.67 Å². The van der Waals surface area contributed by atoms with Gasteiger partial charge in [0.2, 0.25) is 0 Å². The van der Waals surface area contributed by atoms with Crippen molar-refractivity contribution in [1.82, 2.24) is 30.4 Å². The van der Waals surface area contributed by atoms with Gasteiger partial charge in [-0.1, -0.05) is 0 Å². The molecule has 1 atom stereocenters. The number of aromatic nitrogens is 4. The molecule has 0 aromatic carbocycles. The molecule has 2 amide bonds. The zero-order valence-electron chi connectivity index (χ0n) is 13.6. The Balaban J connectivity index is 1.55. The standard InChI is InChI=1S/C16H21FN6O/c1-11-18-9-13-14(21-11)3-2-4-15(13)22-16(24)19-7-12-8-20-23(10-12)6-5-17/h8-10,15H,2-7H2,1H3,(H2,19,22,24). The Bertz CT molecular complexity index is 716. The van der Waals surface area contributed by atoms with Crippen LogP contribution in [0.2, 0.25) is 0 Å². The SMILES string of the molecule is Cc1ncc2c(n1)CCCC2NC(=O)NCc1cnn(CCF)c1. The molecule has 1 aliphatic carbocycles. The lowest BCUT2D eigenvalue weighted by Crippen LogP contribution is -2.39. The molecule has 1 unspecified atom stereocenters. The molecule has 24 heavy (non-hydrogen) atoms. The number of rotatable bonds is 5. The summed E-state index contributed by atoms with van der Waals surface area (Å²) in [6.45, 7) is 1.98. The number of hydrogen-bond donors (Lipinski definition) is 2. The molecule has 0 saturated carbocycles. The Labute approximate surface area is 139 Å². The van der Waals surface area contributed by atoms with Crippen LogP contribution in [0.25, 0.3) is 0 Å². The Hall–Kier alpha value is -2.51. The molecule has 0 spiro atoms. The van der Waals surface area contributed by atoms with E-state index in [9.17, 15) is 9.18 Å². The molecule has 1 aliphatic rings. The number of nitrogens with zero attached hydrogens (tertiary/aromatic N) is 4. The normalized spacial score (nSPS) is 16.5. The average molecular weight is 332 g/mol. The van der Waals surface area contributed by atoms with E-state index in [4.69, 9.17) is 0 Å². The first-order valence-corrected chi connectivity index (χ1v) is 8.10. The highest BCUT2D eigenvalue weighted by Gasteiger charge is 2.23. The first kappa shape index (κ1) is 16.4. The second kappa shape index (κ2) is 7.37. The van der Waals surface area contributed by atoms with Crippen LogP contribution in [0.5, 0.6) is 0 Å². The summed E-state index contributed by atoms with van der Waals surface area (Å²) in [4.78, 5) is 20.8. The van der Waals surface area contributed by atoms with E-state index in [0.717, 1.165) is 41.9 Å². The van der Waals surface area contributed by atoms with Crippen LogP contribution >= 0.6 is 0 Å². The zero-order chi connectivity index (χ0) is 16.9. The smallest absolute Gasteiger partial charge is 0.315 e. The second-order valence-corrected chi connectivity index (χ2v) is 5.89. The fraction of sp³-hybridized carbons (Fsp3) is 0.500. The van der Waals surface area contributed by atoms with E-state index in [1.807, 2.05) is 13.1 Å². The van der Waals surface area contributed by atoms with Crippen LogP contribution in [0.1, 0.15) is 41.5 Å².